The average molecular weight is 409 g/mol. The minimum atomic E-state index is -1.61. The van der Waals surface area contributed by atoms with Crippen LogP contribution in [-0.4, -0.2) is 15.5 Å². The molecular formula is C20H16F5N3O. The molecule has 1 N–H and O–H groups in total. The van der Waals surface area contributed by atoms with Crippen LogP contribution in [0.15, 0.2) is 30.3 Å². The van der Waals surface area contributed by atoms with Gasteiger partial charge >= 0.3 is 0 Å². The van der Waals surface area contributed by atoms with Crippen LogP contribution in [0, 0.1) is 36.0 Å². The van der Waals surface area contributed by atoms with Crippen molar-refractivity contribution < 1.29 is 26.7 Å². The molecule has 1 aromatic heterocycles. The summed E-state index contributed by atoms with van der Waals surface area (Å²) in [6.45, 7) is 1.29. The van der Waals surface area contributed by atoms with E-state index in [1.807, 2.05) is 0 Å². The second-order valence-corrected chi connectivity index (χ2v) is 6.44. The van der Waals surface area contributed by atoms with Crippen LogP contribution in [0.4, 0.5) is 22.0 Å². The van der Waals surface area contributed by atoms with Crippen LogP contribution in [0.3, 0.4) is 0 Å². The third kappa shape index (κ3) is 4.13. The van der Waals surface area contributed by atoms with Crippen LogP contribution in [0.25, 0.3) is 11.4 Å². The molecule has 0 radical (unpaired) electrons. The molecule has 152 valence electrons. The molecule has 0 saturated carbocycles. The summed E-state index contributed by atoms with van der Waals surface area (Å²) in [6, 6.07) is 4.91. The van der Waals surface area contributed by atoms with E-state index in [0.717, 1.165) is 24.3 Å². The number of benzene rings is 2. The van der Waals surface area contributed by atoms with Crippen molar-refractivity contribution in [3.05, 3.63) is 76.4 Å². The number of nitrogens with one attached hydrogen (secondary N) is 1. The lowest BCUT2D eigenvalue weighted by Crippen LogP contribution is -2.26. The number of nitrogens with zero attached hydrogens (tertiary/aromatic N) is 2. The van der Waals surface area contributed by atoms with Crippen molar-refractivity contribution in [2.45, 2.75) is 19.9 Å². The third-order valence-electron chi connectivity index (χ3n) is 4.51. The molecule has 3 rings (SSSR count). The first kappa shape index (κ1) is 20.5. The van der Waals surface area contributed by atoms with E-state index in [2.05, 4.69) is 10.3 Å². The highest BCUT2D eigenvalue weighted by Crippen LogP contribution is 2.25. The number of carbonyl (C=O) groups excluding carboxylic acids is 1. The number of carbonyl (C=O) groups is 1. The maximum absolute atomic E-state index is 14.1. The van der Waals surface area contributed by atoms with Crippen molar-refractivity contribution in [3.8, 4) is 11.4 Å². The monoisotopic (exact) mass is 409 g/mol. The quantitative estimate of drug-likeness (QED) is 0.513. The fourth-order valence-corrected chi connectivity index (χ4v) is 2.94. The highest BCUT2D eigenvalue weighted by atomic mass is 19.2. The zero-order valence-corrected chi connectivity index (χ0v) is 15.5. The Morgan fingerprint density at radius 3 is 2.45 bits per heavy atom. The van der Waals surface area contributed by atoms with Gasteiger partial charge in [-0.05, 0) is 25.1 Å². The van der Waals surface area contributed by atoms with Crippen LogP contribution in [-0.2, 0) is 24.8 Å². The Kier molecular flexibility index (Phi) is 5.67. The molecule has 0 atom stereocenters. The van der Waals surface area contributed by atoms with Crippen LogP contribution in [0.5, 0.6) is 0 Å². The number of halogens is 5. The molecule has 9 heteroatoms. The largest absolute Gasteiger partial charge is 0.352 e. The van der Waals surface area contributed by atoms with Crippen LogP contribution >= 0.6 is 0 Å². The van der Waals surface area contributed by atoms with Crippen molar-refractivity contribution in [2.24, 2.45) is 7.05 Å². The van der Waals surface area contributed by atoms with Gasteiger partial charge in [0.15, 0.2) is 17.5 Å². The van der Waals surface area contributed by atoms with E-state index in [1.54, 1.807) is 14.0 Å². The van der Waals surface area contributed by atoms with E-state index in [4.69, 9.17) is 0 Å². The molecule has 0 aliphatic rings. The van der Waals surface area contributed by atoms with Crippen molar-refractivity contribution in [1.82, 2.24) is 14.9 Å². The molecule has 0 aliphatic heterocycles. The Bertz CT molecular complexity index is 1090. The molecule has 3 aromatic rings. The van der Waals surface area contributed by atoms with Crippen LogP contribution in [0.1, 0.15) is 17.0 Å². The summed E-state index contributed by atoms with van der Waals surface area (Å²) in [5.74, 6) is -6.10. The van der Waals surface area contributed by atoms with Gasteiger partial charge in [0.25, 0.3) is 0 Å². The smallest absolute Gasteiger partial charge is 0.226 e. The Morgan fingerprint density at radius 2 is 1.76 bits per heavy atom. The Labute approximate surface area is 163 Å². The maximum atomic E-state index is 14.1. The average Bonchev–Trinajstić information content (AvgIpc) is 2.93. The number of hydrogen-bond donors (Lipinski definition) is 1. The summed E-state index contributed by atoms with van der Waals surface area (Å²) in [5.41, 5.74) is 0.799. The minimum absolute atomic E-state index is 0.0764. The van der Waals surface area contributed by atoms with E-state index in [9.17, 15) is 26.7 Å². The molecule has 29 heavy (non-hydrogen) atoms. The summed E-state index contributed by atoms with van der Waals surface area (Å²) in [4.78, 5) is 16.5. The van der Waals surface area contributed by atoms with Gasteiger partial charge in [0.1, 0.15) is 17.5 Å². The van der Waals surface area contributed by atoms with Crippen molar-refractivity contribution in [2.75, 3.05) is 0 Å². The molecule has 0 fully saturated rings. The number of aryl methyl sites for hydroxylation is 1. The number of amides is 1. The first-order chi connectivity index (χ1) is 13.7. The first-order valence-electron chi connectivity index (χ1n) is 8.55. The van der Waals surface area contributed by atoms with Gasteiger partial charge < -0.3 is 9.88 Å². The fraction of sp³-hybridized carbons (Fsp3) is 0.200. The third-order valence-corrected chi connectivity index (χ3v) is 4.51. The molecule has 0 bridgehead atoms. The van der Waals surface area contributed by atoms with Crippen molar-refractivity contribution in [1.29, 1.82) is 0 Å². The maximum Gasteiger partial charge on any atom is 0.226 e. The van der Waals surface area contributed by atoms with Gasteiger partial charge in [-0.25, -0.2) is 26.9 Å². The zero-order valence-electron chi connectivity index (χ0n) is 15.5. The first-order valence-corrected chi connectivity index (χ1v) is 8.55. The molecule has 0 saturated heterocycles. The summed E-state index contributed by atoms with van der Waals surface area (Å²) in [5, 5.41) is 2.42. The second kappa shape index (κ2) is 8.02. The van der Waals surface area contributed by atoms with Crippen molar-refractivity contribution in [3.63, 3.8) is 0 Å². The molecule has 0 unspecified atom stereocenters. The molecule has 2 aromatic carbocycles. The molecule has 1 amide bonds. The Balaban J connectivity index is 1.76. The molecule has 4 nitrogen and oxygen atoms in total. The van der Waals surface area contributed by atoms with Crippen molar-refractivity contribution >= 4 is 5.91 Å². The lowest BCUT2D eigenvalue weighted by molar-refractivity contribution is -0.120. The van der Waals surface area contributed by atoms with Crippen LogP contribution in [0.2, 0.25) is 0 Å². The van der Waals surface area contributed by atoms with E-state index in [1.165, 1.54) is 10.6 Å². The topological polar surface area (TPSA) is 46.9 Å². The van der Waals surface area contributed by atoms with E-state index < -0.39 is 35.0 Å². The number of aromatic nitrogens is 2. The van der Waals surface area contributed by atoms with Gasteiger partial charge in [0.05, 0.1) is 17.7 Å². The zero-order chi connectivity index (χ0) is 21.3. The molecule has 0 spiro atoms. The number of rotatable bonds is 5. The lowest BCUT2D eigenvalue weighted by Gasteiger charge is -2.09. The van der Waals surface area contributed by atoms with E-state index in [-0.39, 0.29) is 29.9 Å². The minimum Gasteiger partial charge on any atom is -0.352 e. The van der Waals surface area contributed by atoms with E-state index in [0.29, 0.717) is 11.4 Å². The van der Waals surface area contributed by atoms with Gasteiger partial charge in [-0.15, -0.1) is 0 Å². The Hall–Kier alpha value is -3.23. The molecular weight excluding hydrogens is 393 g/mol. The number of hydrogen-bond acceptors (Lipinski definition) is 2. The summed E-state index contributed by atoms with van der Waals surface area (Å²) < 4.78 is 68.6. The van der Waals surface area contributed by atoms with Crippen LogP contribution < -0.4 is 5.32 Å². The highest BCUT2D eigenvalue weighted by molar-refractivity contribution is 5.78. The van der Waals surface area contributed by atoms with Gasteiger partial charge in [-0.2, -0.15) is 0 Å². The number of imidazole rings is 1. The Morgan fingerprint density at radius 1 is 1.03 bits per heavy atom. The highest BCUT2D eigenvalue weighted by Gasteiger charge is 2.19. The summed E-state index contributed by atoms with van der Waals surface area (Å²) in [6.07, 6.45) is -0.163. The van der Waals surface area contributed by atoms with Gasteiger partial charge in [0.2, 0.25) is 5.91 Å². The normalized spacial score (nSPS) is 11.0. The summed E-state index contributed by atoms with van der Waals surface area (Å²) in [7, 11) is 1.58. The summed E-state index contributed by atoms with van der Waals surface area (Å²) >= 11 is 0. The molecule has 1 heterocycles. The standard InChI is InChI=1S/C20H16F5N3O/c1-10-16(28(2)20(27-10)13-5-4-12(21)7-15(13)23)8-17(29)26-9-11-3-6-14(22)19(25)18(11)24/h3-7H,8-9H2,1-2H3,(H,26,29). The van der Waals surface area contributed by atoms with Gasteiger partial charge in [-0.3, -0.25) is 4.79 Å². The fourth-order valence-electron chi connectivity index (χ4n) is 2.94. The van der Waals surface area contributed by atoms with Gasteiger partial charge in [-0.1, -0.05) is 6.07 Å². The SMILES string of the molecule is Cc1nc(-c2ccc(F)cc2F)n(C)c1CC(=O)NCc1ccc(F)c(F)c1F. The van der Waals surface area contributed by atoms with Gasteiger partial charge in [0, 0.05) is 30.9 Å². The van der Waals surface area contributed by atoms with E-state index >= 15 is 0 Å². The predicted molar refractivity (Wildman–Crippen MR) is 95.2 cm³/mol. The molecule has 0 aliphatic carbocycles. The predicted octanol–water partition coefficient (Wildman–Crippen LogP) is 3.95. The second-order valence-electron chi connectivity index (χ2n) is 6.44. The lowest BCUT2D eigenvalue weighted by atomic mass is 10.2.